The van der Waals surface area contributed by atoms with E-state index in [0.29, 0.717) is 22.1 Å². The molecule has 0 spiro atoms. The first-order valence-electron chi connectivity index (χ1n) is 8.70. The largest absolute Gasteiger partial charge is 0.464 e. The van der Waals surface area contributed by atoms with E-state index in [4.69, 9.17) is 10.2 Å². The Balaban J connectivity index is 1.77. The van der Waals surface area contributed by atoms with Crippen molar-refractivity contribution in [2.45, 2.75) is 18.4 Å². The van der Waals surface area contributed by atoms with Crippen molar-refractivity contribution < 1.29 is 9.21 Å². The third-order valence-electron chi connectivity index (χ3n) is 4.05. The first kappa shape index (κ1) is 20.0. The summed E-state index contributed by atoms with van der Waals surface area (Å²) in [6.07, 6.45) is 1.68. The van der Waals surface area contributed by atoms with Crippen LogP contribution in [-0.2, 0) is 4.79 Å². The van der Waals surface area contributed by atoms with Gasteiger partial charge in [0.05, 0.1) is 17.4 Å². The summed E-state index contributed by atoms with van der Waals surface area (Å²) in [5.41, 5.74) is 8.34. The number of rotatable bonds is 6. The lowest BCUT2D eigenvalue weighted by Crippen LogP contribution is -2.12. The molecule has 0 saturated heterocycles. The van der Waals surface area contributed by atoms with Gasteiger partial charge in [-0.3, -0.25) is 4.79 Å². The van der Waals surface area contributed by atoms with Crippen molar-refractivity contribution >= 4 is 29.2 Å². The molecule has 3 rings (SSSR count). The minimum absolute atomic E-state index is 0.0182. The van der Waals surface area contributed by atoms with Crippen molar-refractivity contribution in [3.05, 3.63) is 59.4 Å². The van der Waals surface area contributed by atoms with Gasteiger partial charge in [0.25, 0.3) is 0 Å². The quantitative estimate of drug-likeness (QED) is 0.593. The van der Waals surface area contributed by atoms with Gasteiger partial charge < -0.3 is 15.5 Å². The molecule has 1 aromatic carbocycles. The van der Waals surface area contributed by atoms with Gasteiger partial charge in [0.1, 0.15) is 34.3 Å². The number of furan rings is 1. The fourth-order valence-corrected chi connectivity index (χ4v) is 3.69. The van der Waals surface area contributed by atoms with Crippen LogP contribution >= 0.6 is 11.8 Å². The maximum absolute atomic E-state index is 12.2. The van der Waals surface area contributed by atoms with Crippen LogP contribution in [0.3, 0.4) is 0 Å². The topological polar surface area (TPSA) is 129 Å². The van der Waals surface area contributed by atoms with Crippen LogP contribution in [0.15, 0.2) is 52.1 Å². The highest BCUT2D eigenvalue weighted by atomic mass is 32.2. The summed E-state index contributed by atoms with van der Waals surface area (Å²) < 4.78 is 5.37. The van der Waals surface area contributed by atoms with E-state index in [0.717, 1.165) is 11.3 Å². The number of amides is 1. The fraction of sp³-hybridized carbons (Fsp3) is 0.143. The summed E-state index contributed by atoms with van der Waals surface area (Å²) in [5.74, 6) is 0.632. The van der Waals surface area contributed by atoms with Crippen LogP contribution in [-0.4, -0.2) is 16.6 Å². The summed E-state index contributed by atoms with van der Waals surface area (Å²) in [4.78, 5) is 16.4. The van der Waals surface area contributed by atoms with E-state index in [2.05, 4.69) is 16.4 Å². The van der Waals surface area contributed by atoms with Gasteiger partial charge in [-0.1, -0.05) is 12.1 Å². The molecule has 0 bridgehead atoms. The zero-order valence-corrected chi connectivity index (χ0v) is 16.4. The number of carbonyl (C=O) groups excluding carboxylic acids is 1. The molecule has 0 aliphatic carbocycles. The predicted molar refractivity (Wildman–Crippen MR) is 111 cm³/mol. The number of benzene rings is 1. The van der Waals surface area contributed by atoms with Crippen LogP contribution in [0.5, 0.6) is 0 Å². The molecule has 0 saturated carbocycles. The lowest BCUT2D eigenvalue weighted by molar-refractivity contribution is -0.115. The van der Waals surface area contributed by atoms with Crippen molar-refractivity contribution in [2.75, 3.05) is 16.8 Å². The summed E-state index contributed by atoms with van der Waals surface area (Å²) in [6, 6.07) is 14.9. The third kappa shape index (κ3) is 4.57. The molecule has 0 unspecified atom stereocenters. The van der Waals surface area contributed by atoms with E-state index in [1.807, 2.05) is 37.3 Å². The molecule has 3 aromatic rings. The monoisotopic (exact) mass is 403 g/mol. The van der Waals surface area contributed by atoms with E-state index in [1.54, 1.807) is 12.1 Å². The average Bonchev–Trinajstić information content (AvgIpc) is 3.22. The van der Waals surface area contributed by atoms with Crippen molar-refractivity contribution in [1.29, 1.82) is 10.5 Å². The Bertz CT molecular complexity index is 1130. The van der Waals surface area contributed by atoms with Gasteiger partial charge >= 0.3 is 0 Å². The lowest BCUT2D eigenvalue weighted by Gasteiger charge is -2.11. The number of nitrogen functional groups attached to an aromatic ring is 1. The van der Waals surface area contributed by atoms with Crippen molar-refractivity contribution in [3.63, 3.8) is 0 Å². The van der Waals surface area contributed by atoms with E-state index in [9.17, 15) is 15.3 Å². The number of nitriles is 2. The van der Waals surface area contributed by atoms with Crippen molar-refractivity contribution in [2.24, 2.45) is 0 Å². The van der Waals surface area contributed by atoms with Crippen LogP contribution in [0.25, 0.3) is 11.3 Å². The lowest BCUT2D eigenvalue weighted by atomic mass is 10.0. The molecule has 0 atom stereocenters. The molecule has 144 valence electrons. The van der Waals surface area contributed by atoms with E-state index in [1.165, 1.54) is 18.0 Å². The highest BCUT2D eigenvalue weighted by molar-refractivity contribution is 7.99. The highest BCUT2D eigenvalue weighted by Gasteiger charge is 2.22. The smallest absolute Gasteiger partial charge is 0.225 e. The molecule has 2 heterocycles. The third-order valence-corrected chi connectivity index (χ3v) is 5.03. The number of nitrogens with one attached hydrogen (secondary N) is 1. The predicted octanol–water partition coefficient (Wildman–Crippen LogP) is 4.10. The molecule has 0 fully saturated rings. The summed E-state index contributed by atoms with van der Waals surface area (Å²) in [6.45, 7) is 1.95. The van der Waals surface area contributed by atoms with Crippen LogP contribution in [0.4, 0.5) is 11.5 Å². The molecule has 0 aliphatic rings. The number of hydrogen-bond donors (Lipinski definition) is 2. The van der Waals surface area contributed by atoms with Gasteiger partial charge in [0, 0.05) is 17.9 Å². The Morgan fingerprint density at radius 3 is 2.69 bits per heavy atom. The first-order valence-corrected chi connectivity index (χ1v) is 9.69. The second-order valence-electron chi connectivity index (χ2n) is 6.14. The van der Waals surface area contributed by atoms with E-state index in [-0.39, 0.29) is 29.3 Å². The maximum atomic E-state index is 12.2. The molecular weight excluding hydrogens is 386 g/mol. The molecule has 7 nitrogen and oxygen atoms in total. The molecule has 8 heteroatoms. The zero-order valence-electron chi connectivity index (χ0n) is 15.6. The molecule has 1 amide bonds. The van der Waals surface area contributed by atoms with Crippen molar-refractivity contribution in [3.8, 4) is 23.5 Å². The average molecular weight is 403 g/mol. The standard InChI is InChI=1S/C21H17N5O2S/c1-13-4-2-5-14(10-13)25-18(27)7-9-29-21-16(12-23)19(17-6-3-8-28-17)15(11-22)20(24)26-21/h2-6,8,10H,7,9H2,1H3,(H2,24,26)(H,25,27). The number of pyridine rings is 1. The number of aromatic nitrogens is 1. The van der Waals surface area contributed by atoms with Gasteiger partial charge in [0.15, 0.2) is 0 Å². The van der Waals surface area contributed by atoms with E-state index >= 15 is 0 Å². The number of hydrogen-bond acceptors (Lipinski definition) is 7. The molecule has 2 aromatic heterocycles. The Morgan fingerprint density at radius 1 is 1.24 bits per heavy atom. The van der Waals surface area contributed by atoms with Gasteiger partial charge in [-0.15, -0.1) is 11.8 Å². The minimum atomic E-state index is -0.144. The second kappa shape index (κ2) is 8.96. The van der Waals surface area contributed by atoms with Crippen LogP contribution in [0.1, 0.15) is 23.1 Å². The van der Waals surface area contributed by atoms with Gasteiger partial charge in [0.2, 0.25) is 5.91 Å². The summed E-state index contributed by atoms with van der Waals surface area (Å²) >= 11 is 1.23. The number of nitrogens with two attached hydrogens (primary N) is 1. The normalized spacial score (nSPS) is 10.2. The highest BCUT2D eigenvalue weighted by Crippen LogP contribution is 2.35. The number of carbonyl (C=O) groups is 1. The molecule has 0 aliphatic heterocycles. The first-order chi connectivity index (χ1) is 14.0. The minimum Gasteiger partial charge on any atom is -0.464 e. The van der Waals surface area contributed by atoms with Crippen molar-refractivity contribution in [1.82, 2.24) is 4.98 Å². The number of thioether (sulfide) groups is 1. The molecule has 3 N–H and O–H groups in total. The van der Waals surface area contributed by atoms with Crippen LogP contribution in [0, 0.1) is 29.6 Å². The SMILES string of the molecule is Cc1cccc(NC(=O)CCSc2nc(N)c(C#N)c(-c3ccco3)c2C#N)c1. The maximum Gasteiger partial charge on any atom is 0.225 e. The number of aryl methyl sites for hydroxylation is 1. The Hall–Kier alpha value is -3.75. The zero-order chi connectivity index (χ0) is 20.8. The van der Waals surface area contributed by atoms with Gasteiger partial charge in [-0.25, -0.2) is 4.98 Å². The Morgan fingerprint density at radius 2 is 2.03 bits per heavy atom. The fourth-order valence-electron chi connectivity index (χ4n) is 2.76. The molecular formula is C21H17N5O2S. The van der Waals surface area contributed by atoms with Gasteiger partial charge in [-0.05, 0) is 36.8 Å². The number of nitrogens with zero attached hydrogens (tertiary/aromatic N) is 3. The van der Waals surface area contributed by atoms with Crippen LogP contribution in [0.2, 0.25) is 0 Å². The van der Waals surface area contributed by atoms with Crippen LogP contribution < -0.4 is 11.1 Å². The Kier molecular flexibility index (Phi) is 6.18. The Labute approximate surface area is 172 Å². The summed E-state index contributed by atoms with van der Waals surface area (Å²) in [5, 5.41) is 22.3. The van der Waals surface area contributed by atoms with E-state index < -0.39 is 0 Å². The van der Waals surface area contributed by atoms with Gasteiger partial charge in [-0.2, -0.15) is 10.5 Å². The molecule has 0 radical (unpaired) electrons. The molecule has 29 heavy (non-hydrogen) atoms. The number of anilines is 2. The summed E-state index contributed by atoms with van der Waals surface area (Å²) in [7, 11) is 0. The second-order valence-corrected chi connectivity index (χ2v) is 7.23.